The fraction of sp³-hybridized carbons (Fsp3) is 0.636. The third-order valence-corrected chi connectivity index (χ3v) is 4.04. The van der Waals surface area contributed by atoms with Crippen LogP contribution in [0.1, 0.15) is 90.9 Å². The van der Waals surface area contributed by atoms with Crippen LogP contribution in [0.3, 0.4) is 0 Å². The van der Waals surface area contributed by atoms with Crippen molar-refractivity contribution in [3.63, 3.8) is 0 Å². The summed E-state index contributed by atoms with van der Waals surface area (Å²) in [5.41, 5.74) is 0.0263. The quantitative estimate of drug-likeness (QED) is 0.0780. The Labute approximate surface area is 175 Å². The van der Waals surface area contributed by atoms with Crippen LogP contribution in [0.25, 0.3) is 0 Å². The zero-order chi connectivity index (χ0) is 19.5. The van der Waals surface area contributed by atoms with E-state index in [1.807, 2.05) is 0 Å². The molecule has 0 aliphatic heterocycles. The van der Waals surface area contributed by atoms with Crippen molar-refractivity contribution in [1.82, 2.24) is 0 Å². The predicted molar refractivity (Wildman–Crippen MR) is 107 cm³/mol. The minimum atomic E-state index is -1.07. The summed E-state index contributed by atoms with van der Waals surface area (Å²) in [6, 6.07) is 0. The van der Waals surface area contributed by atoms with E-state index in [2.05, 4.69) is 31.2 Å². The molecule has 0 fully saturated rings. The van der Waals surface area contributed by atoms with Crippen LogP contribution < -0.4 is 0 Å². The summed E-state index contributed by atoms with van der Waals surface area (Å²) in [6.45, 7) is 3.62. The van der Waals surface area contributed by atoms with Gasteiger partial charge in [-0.2, -0.15) is 0 Å². The second-order valence-electron chi connectivity index (χ2n) is 6.58. The summed E-state index contributed by atoms with van der Waals surface area (Å²) in [7, 11) is 0. The number of allylic oxidation sites excluding steroid dienone is 4. The van der Waals surface area contributed by atoms with Crippen molar-refractivity contribution in [2.45, 2.75) is 90.9 Å². The van der Waals surface area contributed by atoms with E-state index in [1.165, 1.54) is 45.4 Å². The molecule has 1 N–H and O–H groups in total. The molecule has 5 heteroatoms. The van der Waals surface area contributed by atoms with Crippen LogP contribution in [-0.2, 0) is 31.4 Å². The number of carboxylic acids is 1. The van der Waals surface area contributed by atoms with Gasteiger partial charge in [-0.3, -0.25) is 4.79 Å². The molecule has 0 saturated heterocycles. The largest absolute Gasteiger partial charge is 0.478 e. The number of aliphatic carboxylic acids is 1. The summed E-state index contributed by atoms with van der Waals surface area (Å²) in [5.74, 6) is -1.44. The van der Waals surface area contributed by atoms with Crippen LogP contribution >= 0.6 is 0 Å². The van der Waals surface area contributed by atoms with Gasteiger partial charge in [0.15, 0.2) is 0 Å². The van der Waals surface area contributed by atoms with Crippen LogP contribution in [0.2, 0.25) is 0 Å². The van der Waals surface area contributed by atoms with Crippen molar-refractivity contribution in [2.24, 2.45) is 0 Å². The molecule has 0 saturated carbocycles. The van der Waals surface area contributed by atoms with Crippen molar-refractivity contribution >= 4 is 11.9 Å². The molecule has 0 aromatic rings. The van der Waals surface area contributed by atoms with E-state index < -0.39 is 5.97 Å². The molecular formula is C22H36CuO4. The Balaban J connectivity index is 0. The Kier molecular flexibility index (Phi) is 21.7. The van der Waals surface area contributed by atoms with E-state index in [-0.39, 0.29) is 28.6 Å². The number of esters is 1. The van der Waals surface area contributed by atoms with Gasteiger partial charge in [0.25, 0.3) is 0 Å². The first-order valence-corrected chi connectivity index (χ1v) is 9.97. The third kappa shape index (κ3) is 20.8. The summed E-state index contributed by atoms with van der Waals surface area (Å²) in [5, 5.41) is 8.64. The van der Waals surface area contributed by atoms with Gasteiger partial charge in [0.05, 0.1) is 5.57 Å². The molecule has 0 aromatic heterocycles. The van der Waals surface area contributed by atoms with Crippen molar-refractivity contribution < 1.29 is 36.5 Å². The minimum absolute atomic E-state index is 0. The van der Waals surface area contributed by atoms with Crippen LogP contribution in [0, 0.1) is 0 Å². The molecular weight excluding hydrogens is 392 g/mol. The Hall–Kier alpha value is -1.32. The maximum absolute atomic E-state index is 11.4. The van der Waals surface area contributed by atoms with Gasteiger partial charge in [0.1, 0.15) is 6.26 Å². The molecule has 0 heterocycles. The summed E-state index contributed by atoms with van der Waals surface area (Å²) in [6.07, 6.45) is 22.9. The van der Waals surface area contributed by atoms with Gasteiger partial charge in [-0.05, 0) is 45.4 Å². The number of hydrogen-bond acceptors (Lipinski definition) is 3. The number of carbonyl (C=O) groups is 2. The molecule has 0 bridgehead atoms. The van der Waals surface area contributed by atoms with Crippen molar-refractivity contribution in [3.8, 4) is 0 Å². The van der Waals surface area contributed by atoms with E-state index in [1.54, 1.807) is 0 Å². The number of ether oxygens (including phenoxy) is 1. The van der Waals surface area contributed by atoms with Crippen LogP contribution in [0.5, 0.6) is 0 Å². The van der Waals surface area contributed by atoms with Crippen LogP contribution in [0.15, 0.2) is 36.1 Å². The van der Waals surface area contributed by atoms with Crippen molar-refractivity contribution in [2.75, 3.05) is 0 Å². The summed E-state index contributed by atoms with van der Waals surface area (Å²) >= 11 is 0. The van der Waals surface area contributed by atoms with Crippen molar-refractivity contribution in [1.29, 1.82) is 0 Å². The maximum Gasteiger partial charge on any atom is 0.334 e. The van der Waals surface area contributed by atoms with E-state index in [0.717, 1.165) is 38.4 Å². The second kappa shape index (κ2) is 21.0. The number of rotatable bonds is 16. The zero-order valence-electron chi connectivity index (χ0n) is 16.8. The Morgan fingerprint density at radius 3 is 2.00 bits per heavy atom. The molecule has 159 valence electrons. The molecule has 0 aliphatic rings. The maximum atomic E-state index is 11.4. The molecule has 1 radical (unpaired) electrons. The van der Waals surface area contributed by atoms with Gasteiger partial charge in [-0.1, -0.05) is 63.3 Å². The summed E-state index contributed by atoms with van der Waals surface area (Å²) in [4.78, 5) is 22.0. The van der Waals surface area contributed by atoms with Gasteiger partial charge in [-0.15, -0.1) is 0 Å². The first-order chi connectivity index (χ1) is 12.6. The molecule has 0 rings (SSSR count). The average molecular weight is 428 g/mol. The molecule has 0 spiro atoms. The van der Waals surface area contributed by atoms with Crippen LogP contribution in [-0.4, -0.2) is 17.0 Å². The van der Waals surface area contributed by atoms with E-state index in [0.29, 0.717) is 6.42 Å². The topological polar surface area (TPSA) is 63.6 Å². The number of carboxylic acid groups (broad SMARTS) is 1. The third-order valence-electron chi connectivity index (χ3n) is 4.04. The standard InChI is InChI=1S/C22H36O4.Cu/c1-3-4-5-6-7-8-9-10-11-12-13-14-15-16-17-18-21(23)26-19-20(2)22(24)25;/h7-8,10-11,19H,3-6,9,12-18H2,1-2H3,(H,24,25);/b8-7-,11-10-,20-19?;. The smallest absolute Gasteiger partial charge is 0.334 e. The SMILES string of the molecule is CCCCC/C=C\C/C=C\CCCCCCCC(=O)OC=C(C)C(=O)O.[Cu]. The average Bonchev–Trinajstić information content (AvgIpc) is 2.62. The normalized spacial score (nSPS) is 11.7. The minimum Gasteiger partial charge on any atom is -0.478 e. The molecule has 0 amide bonds. The first kappa shape index (κ1) is 27.9. The molecule has 0 aromatic carbocycles. The molecule has 4 nitrogen and oxygen atoms in total. The number of hydrogen-bond donors (Lipinski definition) is 1. The van der Waals surface area contributed by atoms with Gasteiger partial charge >= 0.3 is 11.9 Å². The summed E-state index contributed by atoms with van der Waals surface area (Å²) < 4.78 is 4.79. The number of carbonyl (C=O) groups excluding carboxylic acids is 1. The van der Waals surface area contributed by atoms with E-state index in [4.69, 9.17) is 9.84 Å². The van der Waals surface area contributed by atoms with Gasteiger partial charge in [-0.25, -0.2) is 4.79 Å². The fourth-order valence-electron chi connectivity index (χ4n) is 2.34. The van der Waals surface area contributed by atoms with Crippen molar-refractivity contribution in [3.05, 3.63) is 36.1 Å². The Morgan fingerprint density at radius 2 is 1.41 bits per heavy atom. The first-order valence-electron chi connectivity index (χ1n) is 9.97. The fourth-order valence-corrected chi connectivity index (χ4v) is 2.34. The van der Waals surface area contributed by atoms with E-state index in [9.17, 15) is 9.59 Å². The zero-order valence-corrected chi connectivity index (χ0v) is 17.8. The van der Waals surface area contributed by atoms with Gasteiger partial charge < -0.3 is 9.84 Å². The second-order valence-corrected chi connectivity index (χ2v) is 6.58. The monoisotopic (exact) mass is 427 g/mol. The van der Waals surface area contributed by atoms with Gasteiger partial charge in [0.2, 0.25) is 0 Å². The Bertz CT molecular complexity index is 467. The Morgan fingerprint density at radius 1 is 0.852 bits per heavy atom. The predicted octanol–water partition coefficient (Wildman–Crippen LogP) is 6.33. The molecule has 27 heavy (non-hydrogen) atoms. The van der Waals surface area contributed by atoms with E-state index >= 15 is 0 Å². The molecule has 0 unspecified atom stereocenters. The van der Waals surface area contributed by atoms with Crippen LogP contribution in [0.4, 0.5) is 0 Å². The molecule has 0 aliphatic carbocycles. The number of unbranched alkanes of at least 4 members (excludes halogenated alkanes) is 8. The van der Waals surface area contributed by atoms with Gasteiger partial charge in [0, 0.05) is 23.5 Å². The molecule has 0 atom stereocenters.